The summed E-state index contributed by atoms with van der Waals surface area (Å²) in [6, 6.07) is 8.51. The van der Waals surface area contributed by atoms with Gasteiger partial charge in [0.2, 0.25) is 0 Å². The van der Waals surface area contributed by atoms with E-state index in [9.17, 15) is 9.59 Å². The van der Waals surface area contributed by atoms with E-state index in [-0.39, 0.29) is 5.78 Å². The lowest BCUT2D eigenvalue weighted by molar-refractivity contribution is -0.116. The van der Waals surface area contributed by atoms with Gasteiger partial charge in [0.15, 0.2) is 5.78 Å². The number of carbonyl (C=O) groups is 2. The lowest BCUT2D eigenvalue weighted by atomic mass is 9.79. The van der Waals surface area contributed by atoms with E-state index in [1.807, 2.05) is 6.92 Å². The predicted octanol–water partition coefficient (Wildman–Crippen LogP) is 5.11. The van der Waals surface area contributed by atoms with Gasteiger partial charge >= 0.3 is 6.09 Å². The Labute approximate surface area is 167 Å². The molecule has 2 N–H and O–H groups in total. The van der Waals surface area contributed by atoms with Gasteiger partial charge in [-0.25, -0.2) is 4.79 Å². The van der Waals surface area contributed by atoms with E-state index in [1.165, 1.54) is 0 Å². The lowest BCUT2D eigenvalue weighted by Crippen LogP contribution is -2.33. The number of amides is 1. The first-order chi connectivity index (χ1) is 13.5. The Balaban J connectivity index is 1.63. The molecule has 0 fully saturated rings. The van der Waals surface area contributed by atoms with E-state index in [4.69, 9.17) is 20.8 Å². The molecule has 1 aliphatic carbocycles. The number of dihydropyridines is 1. The zero-order valence-electron chi connectivity index (χ0n) is 15.3. The van der Waals surface area contributed by atoms with Crippen LogP contribution < -0.4 is 10.6 Å². The van der Waals surface area contributed by atoms with Crippen molar-refractivity contribution in [2.45, 2.75) is 32.1 Å². The highest BCUT2D eigenvalue weighted by atomic mass is 35.5. The molecule has 0 radical (unpaired) electrons. The summed E-state index contributed by atoms with van der Waals surface area (Å²) >= 11 is 5.87. The van der Waals surface area contributed by atoms with E-state index in [1.54, 1.807) is 42.9 Å². The first kappa shape index (κ1) is 18.4. The second-order valence-corrected chi connectivity index (χ2v) is 7.23. The van der Waals surface area contributed by atoms with E-state index < -0.39 is 12.0 Å². The molecule has 2 aliphatic rings. The van der Waals surface area contributed by atoms with Gasteiger partial charge in [-0.1, -0.05) is 11.6 Å². The highest BCUT2D eigenvalue weighted by Crippen LogP contribution is 2.42. The average molecular weight is 399 g/mol. The van der Waals surface area contributed by atoms with Crippen LogP contribution in [-0.4, -0.2) is 11.9 Å². The fraction of sp³-hybridized carbons (Fsp3) is 0.238. The van der Waals surface area contributed by atoms with Crippen LogP contribution >= 0.6 is 11.6 Å². The Morgan fingerprint density at radius 2 is 2.04 bits per heavy atom. The van der Waals surface area contributed by atoms with Crippen molar-refractivity contribution in [3.63, 3.8) is 0 Å². The van der Waals surface area contributed by atoms with Crippen LogP contribution in [0.15, 0.2) is 70.0 Å². The van der Waals surface area contributed by atoms with Gasteiger partial charge in [0, 0.05) is 34.0 Å². The molecule has 2 heterocycles. The minimum atomic E-state index is -0.640. The molecule has 4 rings (SSSR count). The Bertz CT molecular complexity index is 974. The number of anilines is 1. The summed E-state index contributed by atoms with van der Waals surface area (Å²) in [6.07, 6.45) is 4.57. The normalized spacial score (nSPS) is 19.2. The molecule has 7 heteroatoms. The number of hydrogen-bond acceptors (Lipinski definition) is 5. The third-order valence-electron chi connectivity index (χ3n) is 4.88. The molecule has 0 saturated carbocycles. The van der Waals surface area contributed by atoms with Gasteiger partial charge in [0.05, 0.1) is 24.1 Å². The van der Waals surface area contributed by atoms with Crippen molar-refractivity contribution >= 4 is 29.2 Å². The molecule has 144 valence electrons. The van der Waals surface area contributed by atoms with Gasteiger partial charge in [-0.05, 0) is 50.1 Å². The first-order valence-corrected chi connectivity index (χ1v) is 9.41. The molecular weight excluding hydrogens is 380 g/mol. The third-order valence-corrected chi connectivity index (χ3v) is 5.14. The number of ether oxygens (including phenoxy) is 1. The van der Waals surface area contributed by atoms with Crippen molar-refractivity contribution in [2.75, 3.05) is 5.32 Å². The SMILES string of the molecule is CC1=C(OC(=O)Nc2ccc(Cl)cc2)C(c2ccoc2)C2=C(CCCC2=O)N1. The second kappa shape index (κ2) is 7.56. The standard InChI is InChI=1S/C21H19ClN2O4/c1-12-20(28-21(26)24-15-7-5-14(22)6-8-15)18(13-9-10-27-11-13)19-16(23-12)3-2-4-17(19)25/h5-11,18,23H,2-4H2,1H3,(H,24,26). The van der Waals surface area contributed by atoms with Gasteiger partial charge in [0.1, 0.15) is 5.76 Å². The third kappa shape index (κ3) is 3.55. The van der Waals surface area contributed by atoms with Gasteiger partial charge in [-0.3, -0.25) is 10.1 Å². The summed E-state index contributed by atoms with van der Waals surface area (Å²) in [5.74, 6) is -0.0210. The molecule has 1 aliphatic heterocycles. The molecule has 1 aromatic carbocycles. The van der Waals surface area contributed by atoms with E-state index in [0.717, 1.165) is 24.1 Å². The van der Waals surface area contributed by atoms with E-state index in [0.29, 0.717) is 34.2 Å². The number of halogens is 1. The number of Topliss-reactive ketones (excluding diaryl/α,β-unsaturated/α-hetero) is 1. The molecule has 0 bridgehead atoms. The van der Waals surface area contributed by atoms with Crippen LogP contribution in [0.25, 0.3) is 0 Å². The summed E-state index contributed by atoms with van der Waals surface area (Å²) < 4.78 is 10.9. The predicted molar refractivity (Wildman–Crippen MR) is 105 cm³/mol. The zero-order valence-corrected chi connectivity index (χ0v) is 16.0. The minimum Gasteiger partial charge on any atom is -0.472 e. The maximum absolute atomic E-state index is 12.7. The molecule has 1 amide bonds. The first-order valence-electron chi connectivity index (χ1n) is 9.03. The minimum absolute atomic E-state index is 0.0617. The molecule has 2 aromatic rings. The smallest absolute Gasteiger partial charge is 0.416 e. The zero-order chi connectivity index (χ0) is 19.7. The van der Waals surface area contributed by atoms with Crippen LogP contribution in [0.2, 0.25) is 5.02 Å². The van der Waals surface area contributed by atoms with Gasteiger partial charge in [-0.2, -0.15) is 0 Å². The molecule has 0 spiro atoms. The van der Waals surface area contributed by atoms with Crippen LogP contribution in [0, 0.1) is 0 Å². The lowest BCUT2D eigenvalue weighted by Gasteiger charge is -2.33. The van der Waals surface area contributed by atoms with Crippen LogP contribution in [0.1, 0.15) is 37.7 Å². The van der Waals surface area contributed by atoms with Crippen molar-refractivity contribution in [3.8, 4) is 0 Å². The number of allylic oxidation sites excluding steroid dienone is 3. The highest BCUT2D eigenvalue weighted by Gasteiger charge is 2.38. The fourth-order valence-corrected chi connectivity index (χ4v) is 3.76. The topological polar surface area (TPSA) is 80.6 Å². The highest BCUT2D eigenvalue weighted by molar-refractivity contribution is 6.30. The Morgan fingerprint density at radius 3 is 2.75 bits per heavy atom. The number of nitrogens with one attached hydrogen (secondary N) is 2. The quantitative estimate of drug-likeness (QED) is 0.751. The van der Waals surface area contributed by atoms with Crippen LogP contribution in [0.3, 0.4) is 0 Å². The van der Waals surface area contributed by atoms with Crippen molar-refractivity contribution in [2.24, 2.45) is 0 Å². The fourth-order valence-electron chi connectivity index (χ4n) is 3.63. The summed E-state index contributed by atoms with van der Waals surface area (Å²) in [5.41, 5.74) is 3.58. The van der Waals surface area contributed by atoms with Crippen LogP contribution in [-0.2, 0) is 9.53 Å². The second-order valence-electron chi connectivity index (χ2n) is 6.79. The van der Waals surface area contributed by atoms with Crippen LogP contribution in [0.4, 0.5) is 10.5 Å². The summed E-state index contributed by atoms with van der Waals surface area (Å²) in [5, 5.41) is 6.51. The Kier molecular flexibility index (Phi) is 4.96. The maximum Gasteiger partial charge on any atom is 0.416 e. The molecule has 1 aromatic heterocycles. The van der Waals surface area contributed by atoms with Crippen molar-refractivity contribution in [3.05, 3.63) is 76.2 Å². The number of ketones is 1. The molecule has 1 atom stereocenters. The van der Waals surface area contributed by atoms with Gasteiger partial charge in [-0.15, -0.1) is 0 Å². The van der Waals surface area contributed by atoms with Crippen molar-refractivity contribution < 1.29 is 18.7 Å². The van der Waals surface area contributed by atoms with Gasteiger partial charge < -0.3 is 14.5 Å². The average Bonchev–Trinajstić information content (AvgIpc) is 3.19. The largest absolute Gasteiger partial charge is 0.472 e. The van der Waals surface area contributed by atoms with Gasteiger partial charge in [0.25, 0.3) is 0 Å². The Hall–Kier alpha value is -2.99. The molecular formula is C21H19ClN2O4. The summed E-state index contributed by atoms with van der Waals surface area (Å²) in [7, 11) is 0. The van der Waals surface area contributed by atoms with Crippen LogP contribution in [0.5, 0.6) is 0 Å². The Morgan fingerprint density at radius 1 is 1.25 bits per heavy atom. The molecule has 28 heavy (non-hydrogen) atoms. The monoisotopic (exact) mass is 398 g/mol. The number of hydrogen-bond donors (Lipinski definition) is 2. The molecule has 1 unspecified atom stereocenters. The molecule has 0 saturated heterocycles. The van der Waals surface area contributed by atoms with E-state index in [2.05, 4.69) is 10.6 Å². The van der Waals surface area contributed by atoms with Crippen molar-refractivity contribution in [1.82, 2.24) is 5.32 Å². The summed E-state index contributed by atoms with van der Waals surface area (Å²) in [4.78, 5) is 25.2. The number of rotatable bonds is 3. The number of furan rings is 1. The van der Waals surface area contributed by atoms with Crippen molar-refractivity contribution in [1.29, 1.82) is 0 Å². The summed E-state index contributed by atoms with van der Waals surface area (Å²) in [6.45, 7) is 1.83. The number of benzene rings is 1. The van der Waals surface area contributed by atoms with E-state index >= 15 is 0 Å². The molecule has 6 nitrogen and oxygen atoms in total. The maximum atomic E-state index is 12.7. The number of carbonyl (C=O) groups excluding carboxylic acids is 2.